The molecule has 4 rings (SSSR count). The summed E-state index contributed by atoms with van der Waals surface area (Å²) < 4.78 is 1.35. The topological polar surface area (TPSA) is 0 Å². The minimum absolute atomic E-state index is 0.531. The maximum absolute atomic E-state index is 2.73. The first-order chi connectivity index (χ1) is 9.26. The van der Waals surface area contributed by atoms with E-state index >= 15 is 0 Å². The summed E-state index contributed by atoms with van der Waals surface area (Å²) in [6, 6.07) is 0. The van der Waals surface area contributed by atoms with Crippen LogP contribution in [-0.2, 0) is 0 Å². The molecule has 4 fully saturated rings. The van der Waals surface area contributed by atoms with Gasteiger partial charge in [0.15, 0.2) is 0 Å². The first kappa shape index (κ1) is 14.0. The minimum atomic E-state index is -0.531. The Hall–Kier alpha value is 0.350. The van der Waals surface area contributed by atoms with E-state index < -0.39 is 10.0 Å². The first-order valence-electron chi connectivity index (χ1n) is 8.99. The molecule has 3 bridgehead atoms. The van der Waals surface area contributed by atoms with Gasteiger partial charge < -0.3 is 0 Å². The molecule has 0 nitrogen and oxygen atoms in total. The van der Waals surface area contributed by atoms with E-state index in [1.165, 1.54) is 12.8 Å². The Kier molecular flexibility index (Phi) is 2.66. The Morgan fingerprint density at radius 3 is 2.50 bits per heavy atom. The van der Waals surface area contributed by atoms with Gasteiger partial charge >= 0.3 is 0 Å². The smallest absolute Gasteiger partial charge is 0.00131 e. The highest BCUT2D eigenvalue weighted by Crippen LogP contribution is 2.84. The van der Waals surface area contributed by atoms with Gasteiger partial charge in [0.25, 0.3) is 0 Å². The monoisotopic (exact) mass is 294 g/mol. The maximum atomic E-state index is 2.73. The van der Waals surface area contributed by atoms with Crippen molar-refractivity contribution in [1.82, 2.24) is 0 Å². The SMILES string of the molecule is CCCC(C)(C)S(C)(C)C12CC3CC4CC(C1)C4(C3)C2. The summed E-state index contributed by atoms with van der Waals surface area (Å²) in [6.45, 7) is 7.59. The normalized spacial score (nSPS) is 50.1. The fourth-order valence-electron chi connectivity index (χ4n) is 7.32. The lowest BCUT2D eigenvalue weighted by molar-refractivity contribution is 0.00110. The molecule has 1 heteroatoms. The van der Waals surface area contributed by atoms with E-state index in [4.69, 9.17) is 0 Å². The van der Waals surface area contributed by atoms with Gasteiger partial charge in [-0.15, -0.1) is 0 Å². The van der Waals surface area contributed by atoms with Crippen LogP contribution in [0.3, 0.4) is 0 Å². The molecule has 20 heavy (non-hydrogen) atoms. The van der Waals surface area contributed by atoms with Crippen LogP contribution in [0, 0.1) is 23.2 Å². The fourth-order valence-corrected chi connectivity index (χ4v) is 11.1. The highest BCUT2D eigenvalue weighted by Gasteiger charge is 2.73. The van der Waals surface area contributed by atoms with E-state index in [0.717, 1.165) is 27.9 Å². The second-order valence-electron chi connectivity index (χ2n) is 9.77. The summed E-state index contributed by atoms with van der Waals surface area (Å²) in [5.41, 5.74) is 0.871. The van der Waals surface area contributed by atoms with Crippen LogP contribution in [0.5, 0.6) is 0 Å². The van der Waals surface area contributed by atoms with Crippen LogP contribution in [0.2, 0.25) is 0 Å². The van der Waals surface area contributed by atoms with Crippen LogP contribution in [0.25, 0.3) is 0 Å². The molecule has 0 aromatic carbocycles. The molecular formula is C19H34S. The molecule has 0 aromatic heterocycles. The molecule has 116 valence electrons. The van der Waals surface area contributed by atoms with E-state index in [9.17, 15) is 0 Å². The number of fused-ring (bicyclic) bond motifs is 2. The van der Waals surface area contributed by atoms with Gasteiger partial charge in [0, 0.05) is 4.75 Å². The quantitative estimate of drug-likeness (QED) is 0.633. The molecule has 4 saturated carbocycles. The van der Waals surface area contributed by atoms with Gasteiger partial charge in [-0.1, -0.05) is 27.2 Å². The predicted octanol–water partition coefficient (Wildman–Crippen LogP) is 5.60. The third-order valence-electron chi connectivity index (χ3n) is 8.73. The number of hydrogen-bond acceptors (Lipinski definition) is 0. The van der Waals surface area contributed by atoms with Crippen molar-refractivity contribution in [2.45, 2.75) is 81.6 Å². The third kappa shape index (κ3) is 1.38. The van der Waals surface area contributed by atoms with Gasteiger partial charge in [0.1, 0.15) is 0 Å². The average Bonchev–Trinajstić information content (AvgIpc) is 2.65. The standard InChI is InChI=1S/C19H34S/c1-6-7-17(2,3)20(4,5)18-10-14-8-15-9-16(12-18)19(15,11-14)13-18/h14-16H,6-13H2,1-5H3. The van der Waals surface area contributed by atoms with Crippen molar-refractivity contribution in [3.05, 3.63) is 0 Å². The Labute approximate surface area is 127 Å². The van der Waals surface area contributed by atoms with Gasteiger partial charge in [-0.25, -0.2) is 10.0 Å². The van der Waals surface area contributed by atoms with Crippen molar-refractivity contribution < 1.29 is 0 Å². The molecule has 4 aliphatic carbocycles. The summed E-state index contributed by atoms with van der Waals surface area (Å²) in [7, 11) is -0.531. The molecule has 0 radical (unpaired) electrons. The van der Waals surface area contributed by atoms with E-state index in [-0.39, 0.29) is 0 Å². The van der Waals surface area contributed by atoms with E-state index in [1.54, 1.807) is 38.5 Å². The lowest BCUT2D eigenvalue weighted by atomic mass is 9.56. The highest BCUT2D eigenvalue weighted by atomic mass is 32.3. The lowest BCUT2D eigenvalue weighted by Gasteiger charge is -2.61. The van der Waals surface area contributed by atoms with Gasteiger partial charge in [0.2, 0.25) is 0 Å². The number of rotatable bonds is 4. The van der Waals surface area contributed by atoms with Crippen LogP contribution < -0.4 is 0 Å². The van der Waals surface area contributed by atoms with E-state index in [0.29, 0.717) is 4.75 Å². The number of hydrogen-bond donors (Lipinski definition) is 0. The van der Waals surface area contributed by atoms with Crippen molar-refractivity contribution in [1.29, 1.82) is 0 Å². The third-order valence-corrected chi connectivity index (χ3v) is 14.3. The summed E-state index contributed by atoms with van der Waals surface area (Å²) in [6.07, 6.45) is 18.0. The minimum Gasteiger partial charge on any atom is -0.236 e. The fraction of sp³-hybridized carbons (Fsp3) is 1.00. The zero-order chi connectivity index (χ0) is 14.4. The highest BCUT2D eigenvalue weighted by molar-refractivity contribution is 8.34. The largest absolute Gasteiger partial charge is 0.236 e. The van der Waals surface area contributed by atoms with Gasteiger partial charge in [0.05, 0.1) is 0 Å². The predicted molar refractivity (Wildman–Crippen MR) is 91.8 cm³/mol. The van der Waals surface area contributed by atoms with Crippen LogP contribution in [-0.4, -0.2) is 22.0 Å². The Morgan fingerprint density at radius 2 is 1.80 bits per heavy atom. The molecule has 0 amide bonds. The molecule has 0 N–H and O–H groups in total. The maximum Gasteiger partial charge on any atom is 0.00131 e. The first-order valence-corrected chi connectivity index (χ1v) is 11.4. The van der Waals surface area contributed by atoms with Crippen LogP contribution in [0.4, 0.5) is 0 Å². The van der Waals surface area contributed by atoms with Gasteiger partial charge in [-0.2, -0.15) is 0 Å². The van der Waals surface area contributed by atoms with E-state index in [2.05, 4.69) is 33.3 Å². The average molecular weight is 295 g/mol. The molecule has 0 aliphatic heterocycles. The molecule has 0 aromatic rings. The van der Waals surface area contributed by atoms with Gasteiger partial charge in [-0.05, 0) is 85.4 Å². The molecule has 0 saturated heterocycles. The van der Waals surface area contributed by atoms with Crippen molar-refractivity contribution in [3.8, 4) is 0 Å². The zero-order valence-corrected chi connectivity index (χ0v) is 15.1. The Balaban J connectivity index is 1.72. The van der Waals surface area contributed by atoms with Crippen molar-refractivity contribution in [2.75, 3.05) is 12.5 Å². The van der Waals surface area contributed by atoms with Crippen molar-refractivity contribution in [3.63, 3.8) is 0 Å². The molecule has 0 heterocycles. The molecule has 1 spiro atoms. The second-order valence-corrected chi connectivity index (χ2v) is 14.4. The van der Waals surface area contributed by atoms with Crippen LogP contribution >= 0.6 is 10.0 Å². The van der Waals surface area contributed by atoms with Gasteiger partial charge in [-0.3, -0.25) is 0 Å². The Morgan fingerprint density at radius 1 is 1.05 bits per heavy atom. The molecule has 4 aliphatic rings. The summed E-state index contributed by atoms with van der Waals surface area (Å²) >= 11 is 0. The Bertz CT molecular complexity index is 433. The van der Waals surface area contributed by atoms with Crippen molar-refractivity contribution in [2.24, 2.45) is 23.2 Å². The summed E-state index contributed by atoms with van der Waals surface area (Å²) in [5, 5.41) is 0. The molecule has 5 atom stereocenters. The zero-order valence-electron chi connectivity index (χ0n) is 14.3. The molecular weight excluding hydrogens is 260 g/mol. The van der Waals surface area contributed by atoms with Crippen molar-refractivity contribution >= 4 is 10.0 Å². The molecule has 5 unspecified atom stereocenters. The van der Waals surface area contributed by atoms with E-state index in [1.807, 2.05) is 0 Å². The van der Waals surface area contributed by atoms with Crippen LogP contribution in [0.15, 0.2) is 0 Å². The lowest BCUT2D eigenvalue weighted by Crippen LogP contribution is -2.46. The van der Waals surface area contributed by atoms with Crippen LogP contribution in [0.1, 0.15) is 72.1 Å². The summed E-state index contributed by atoms with van der Waals surface area (Å²) in [4.78, 5) is 0. The second kappa shape index (κ2) is 3.81. The summed E-state index contributed by atoms with van der Waals surface area (Å²) in [5.74, 6) is 3.42.